The van der Waals surface area contributed by atoms with Crippen LogP contribution in [0.15, 0.2) is 29.2 Å². The molecule has 1 heterocycles. The molecule has 6 heteroatoms. The van der Waals surface area contributed by atoms with Gasteiger partial charge in [0, 0.05) is 6.54 Å². The second-order valence-corrected chi connectivity index (χ2v) is 6.27. The third-order valence-electron chi connectivity index (χ3n) is 3.13. The van der Waals surface area contributed by atoms with Gasteiger partial charge in [0.2, 0.25) is 10.0 Å². The summed E-state index contributed by atoms with van der Waals surface area (Å²) in [6.07, 6.45) is 1.93. The zero-order valence-electron chi connectivity index (χ0n) is 10.0. The van der Waals surface area contributed by atoms with Crippen molar-refractivity contribution in [3.8, 4) is 0 Å². The summed E-state index contributed by atoms with van der Waals surface area (Å²) in [5.41, 5.74) is 0. The smallest absolute Gasteiger partial charge is 0.240 e. The SMILES string of the molecule is O=S(=O)(NCC1CCNCC1)c1cccc(F)c1. The molecule has 1 saturated heterocycles. The van der Waals surface area contributed by atoms with E-state index in [1.807, 2.05) is 0 Å². The van der Waals surface area contributed by atoms with Crippen molar-refractivity contribution in [1.82, 2.24) is 10.0 Å². The Morgan fingerprint density at radius 3 is 2.72 bits per heavy atom. The van der Waals surface area contributed by atoms with E-state index < -0.39 is 15.8 Å². The Balaban J connectivity index is 1.98. The molecule has 1 fully saturated rings. The number of rotatable bonds is 4. The minimum Gasteiger partial charge on any atom is -0.317 e. The van der Waals surface area contributed by atoms with Gasteiger partial charge >= 0.3 is 0 Å². The molecule has 0 bridgehead atoms. The number of hydrogen-bond acceptors (Lipinski definition) is 3. The summed E-state index contributed by atoms with van der Waals surface area (Å²) < 4.78 is 39.4. The van der Waals surface area contributed by atoms with Crippen LogP contribution in [0.25, 0.3) is 0 Å². The number of hydrogen-bond donors (Lipinski definition) is 2. The summed E-state index contributed by atoms with van der Waals surface area (Å²) in [4.78, 5) is -0.0172. The fourth-order valence-corrected chi connectivity index (χ4v) is 3.18. The van der Waals surface area contributed by atoms with Gasteiger partial charge in [0.1, 0.15) is 5.82 Å². The fourth-order valence-electron chi connectivity index (χ4n) is 2.03. The summed E-state index contributed by atoms with van der Waals surface area (Å²) >= 11 is 0. The van der Waals surface area contributed by atoms with Crippen LogP contribution in [0.3, 0.4) is 0 Å². The lowest BCUT2D eigenvalue weighted by molar-refractivity contribution is 0.372. The van der Waals surface area contributed by atoms with Gasteiger partial charge in [0.15, 0.2) is 0 Å². The van der Waals surface area contributed by atoms with E-state index in [9.17, 15) is 12.8 Å². The highest BCUT2D eigenvalue weighted by molar-refractivity contribution is 7.89. The normalized spacial score (nSPS) is 17.8. The van der Waals surface area contributed by atoms with Crippen LogP contribution in [0.2, 0.25) is 0 Å². The molecule has 18 heavy (non-hydrogen) atoms. The first kappa shape index (κ1) is 13.5. The number of benzene rings is 1. The molecule has 0 atom stereocenters. The van der Waals surface area contributed by atoms with E-state index in [1.54, 1.807) is 0 Å². The number of sulfonamides is 1. The predicted molar refractivity (Wildman–Crippen MR) is 67.2 cm³/mol. The van der Waals surface area contributed by atoms with Crippen LogP contribution in [-0.2, 0) is 10.0 Å². The van der Waals surface area contributed by atoms with Crippen LogP contribution in [-0.4, -0.2) is 28.1 Å². The van der Waals surface area contributed by atoms with Crippen molar-refractivity contribution in [2.45, 2.75) is 17.7 Å². The Kier molecular flexibility index (Phi) is 4.31. The lowest BCUT2D eigenvalue weighted by Gasteiger charge is -2.22. The second-order valence-electron chi connectivity index (χ2n) is 4.50. The van der Waals surface area contributed by atoms with E-state index in [0.29, 0.717) is 12.5 Å². The molecule has 1 aromatic rings. The van der Waals surface area contributed by atoms with Crippen molar-refractivity contribution >= 4 is 10.0 Å². The van der Waals surface area contributed by atoms with Gasteiger partial charge in [-0.1, -0.05) is 6.07 Å². The molecule has 1 aromatic carbocycles. The molecule has 1 aliphatic heterocycles. The van der Waals surface area contributed by atoms with Crippen molar-refractivity contribution in [3.05, 3.63) is 30.1 Å². The zero-order chi connectivity index (χ0) is 13.0. The molecule has 0 saturated carbocycles. The van der Waals surface area contributed by atoms with Gasteiger partial charge < -0.3 is 5.32 Å². The fraction of sp³-hybridized carbons (Fsp3) is 0.500. The molecule has 100 valence electrons. The van der Waals surface area contributed by atoms with Gasteiger partial charge in [-0.15, -0.1) is 0 Å². The van der Waals surface area contributed by atoms with Gasteiger partial charge in [0.25, 0.3) is 0 Å². The molecular formula is C12H17FN2O2S. The first-order chi connectivity index (χ1) is 8.58. The number of halogens is 1. The van der Waals surface area contributed by atoms with E-state index in [4.69, 9.17) is 0 Å². The summed E-state index contributed by atoms with van der Waals surface area (Å²) in [6.45, 7) is 2.26. The average Bonchev–Trinajstić information content (AvgIpc) is 2.38. The Hall–Kier alpha value is -0.980. The van der Waals surface area contributed by atoms with E-state index in [0.717, 1.165) is 32.0 Å². The van der Waals surface area contributed by atoms with E-state index >= 15 is 0 Å². The Morgan fingerprint density at radius 2 is 2.06 bits per heavy atom. The molecule has 0 unspecified atom stereocenters. The highest BCUT2D eigenvalue weighted by Gasteiger charge is 2.18. The van der Waals surface area contributed by atoms with Crippen LogP contribution in [0, 0.1) is 11.7 Å². The minimum absolute atomic E-state index is 0.0172. The Bertz CT molecular complexity index is 499. The molecule has 0 aromatic heterocycles. The highest BCUT2D eigenvalue weighted by Crippen LogP contribution is 2.13. The average molecular weight is 272 g/mol. The zero-order valence-corrected chi connectivity index (χ0v) is 10.8. The Labute approximate surface area is 107 Å². The van der Waals surface area contributed by atoms with Gasteiger partial charge in [-0.25, -0.2) is 17.5 Å². The number of piperidine rings is 1. The monoisotopic (exact) mass is 272 g/mol. The van der Waals surface area contributed by atoms with Gasteiger partial charge in [-0.05, 0) is 50.0 Å². The molecule has 0 amide bonds. The van der Waals surface area contributed by atoms with Crippen molar-refractivity contribution in [3.63, 3.8) is 0 Å². The molecular weight excluding hydrogens is 255 g/mol. The number of nitrogens with one attached hydrogen (secondary N) is 2. The van der Waals surface area contributed by atoms with Crippen LogP contribution >= 0.6 is 0 Å². The molecule has 2 N–H and O–H groups in total. The largest absolute Gasteiger partial charge is 0.317 e. The quantitative estimate of drug-likeness (QED) is 0.863. The third-order valence-corrected chi connectivity index (χ3v) is 4.55. The summed E-state index contributed by atoms with van der Waals surface area (Å²) in [6, 6.07) is 5.05. The third kappa shape index (κ3) is 3.51. The van der Waals surface area contributed by atoms with Crippen LogP contribution in [0.5, 0.6) is 0 Å². The van der Waals surface area contributed by atoms with E-state index in [-0.39, 0.29) is 4.90 Å². The molecule has 1 aliphatic rings. The molecule has 0 radical (unpaired) electrons. The standard InChI is InChI=1S/C12H17FN2O2S/c13-11-2-1-3-12(8-11)18(16,17)15-9-10-4-6-14-7-5-10/h1-3,8,10,14-15H,4-7,9H2. The molecule has 0 aliphatic carbocycles. The maximum absolute atomic E-state index is 13.0. The van der Waals surface area contributed by atoms with Gasteiger partial charge in [-0.3, -0.25) is 0 Å². The molecule has 0 spiro atoms. The maximum Gasteiger partial charge on any atom is 0.240 e. The first-order valence-corrected chi connectivity index (χ1v) is 7.52. The van der Waals surface area contributed by atoms with E-state index in [1.165, 1.54) is 18.2 Å². The summed E-state index contributed by atoms with van der Waals surface area (Å²) in [5.74, 6) is -0.186. The van der Waals surface area contributed by atoms with Crippen LogP contribution in [0.1, 0.15) is 12.8 Å². The van der Waals surface area contributed by atoms with Gasteiger partial charge in [-0.2, -0.15) is 0 Å². The lowest BCUT2D eigenvalue weighted by atomic mass is 9.99. The van der Waals surface area contributed by atoms with Crippen LogP contribution in [0.4, 0.5) is 4.39 Å². The summed E-state index contributed by atoms with van der Waals surface area (Å²) in [7, 11) is -3.59. The van der Waals surface area contributed by atoms with E-state index in [2.05, 4.69) is 10.0 Å². The molecule has 4 nitrogen and oxygen atoms in total. The minimum atomic E-state index is -3.59. The van der Waals surface area contributed by atoms with Gasteiger partial charge in [0.05, 0.1) is 4.90 Å². The van der Waals surface area contributed by atoms with Crippen LogP contribution < -0.4 is 10.0 Å². The molecule has 2 rings (SSSR count). The second kappa shape index (κ2) is 5.77. The highest BCUT2D eigenvalue weighted by atomic mass is 32.2. The lowest BCUT2D eigenvalue weighted by Crippen LogP contribution is -2.35. The van der Waals surface area contributed by atoms with Crippen molar-refractivity contribution in [2.75, 3.05) is 19.6 Å². The predicted octanol–water partition coefficient (Wildman–Crippen LogP) is 1.10. The topological polar surface area (TPSA) is 58.2 Å². The summed E-state index contributed by atoms with van der Waals surface area (Å²) in [5, 5.41) is 3.22. The van der Waals surface area contributed by atoms with Crippen molar-refractivity contribution in [1.29, 1.82) is 0 Å². The van der Waals surface area contributed by atoms with Crippen molar-refractivity contribution < 1.29 is 12.8 Å². The first-order valence-electron chi connectivity index (χ1n) is 6.04. The Morgan fingerprint density at radius 1 is 1.33 bits per heavy atom. The maximum atomic E-state index is 13.0. The van der Waals surface area contributed by atoms with Crippen molar-refractivity contribution in [2.24, 2.45) is 5.92 Å².